The van der Waals surface area contributed by atoms with Crippen molar-refractivity contribution in [2.75, 3.05) is 20.1 Å². The second kappa shape index (κ2) is 6.17. The maximum absolute atomic E-state index is 12.2. The Balaban J connectivity index is 1.86. The summed E-state index contributed by atoms with van der Waals surface area (Å²) in [6, 6.07) is 3.41. The first-order valence-corrected chi connectivity index (χ1v) is 6.28. The number of nitrogens with one attached hydrogen (secondary N) is 1. The lowest BCUT2D eigenvalue weighted by Gasteiger charge is -2.31. The summed E-state index contributed by atoms with van der Waals surface area (Å²) in [4.78, 5) is 28.9. The van der Waals surface area contributed by atoms with E-state index < -0.39 is 6.09 Å². The van der Waals surface area contributed by atoms with E-state index in [9.17, 15) is 9.59 Å². The number of amides is 2. The Kier molecular flexibility index (Phi) is 4.33. The minimum Gasteiger partial charge on any atom is -0.446 e. The van der Waals surface area contributed by atoms with Gasteiger partial charge in [-0.05, 0) is 12.1 Å². The van der Waals surface area contributed by atoms with Gasteiger partial charge in [-0.3, -0.25) is 9.78 Å². The van der Waals surface area contributed by atoms with Crippen LogP contribution in [-0.4, -0.2) is 48.1 Å². The molecule has 0 spiro atoms. The molecule has 0 aromatic carbocycles. The largest absolute Gasteiger partial charge is 0.446 e. The Morgan fingerprint density at radius 2 is 1.95 bits per heavy atom. The maximum atomic E-state index is 12.2. The van der Waals surface area contributed by atoms with Crippen molar-refractivity contribution in [3.8, 4) is 0 Å². The summed E-state index contributed by atoms with van der Waals surface area (Å²) in [7, 11) is 1.53. The Labute approximate surface area is 111 Å². The number of alkyl carbamates (subject to hydrolysis) is 1. The molecular weight excluding hydrogens is 246 g/mol. The van der Waals surface area contributed by atoms with Crippen molar-refractivity contribution in [3.63, 3.8) is 0 Å². The van der Waals surface area contributed by atoms with Crippen molar-refractivity contribution >= 4 is 12.0 Å². The number of rotatable bonds is 2. The van der Waals surface area contributed by atoms with E-state index in [0.717, 1.165) is 0 Å². The van der Waals surface area contributed by atoms with Gasteiger partial charge < -0.3 is 15.0 Å². The van der Waals surface area contributed by atoms with Crippen LogP contribution in [0.15, 0.2) is 24.5 Å². The van der Waals surface area contributed by atoms with E-state index >= 15 is 0 Å². The molecular formula is C13H17N3O3. The van der Waals surface area contributed by atoms with E-state index in [1.54, 1.807) is 29.4 Å². The lowest BCUT2D eigenvalue weighted by molar-refractivity contribution is 0.0431. The van der Waals surface area contributed by atoms with Crippen LogP contribution < -0.4 is 5.32 Å². The minimum atomic E-state index is -0.418. The van der Waals surface area contributed by atoms with Gasteiger partial charge in [0.05, 0.1) is 0 Å². The number of nitrogens with zero attached hydrogens (tertiary/aromatic N) is 2. The van der Waals surface area contributed by atoms with Gasteiger partial charge in [-0.2, -0.15) is 0 Å². The van der Waals surface area contributed by atoms with Crippen LogP contribution in [0, 0.1) is 0 Å². The van der Waals surface area contributed by atoms with Gasteiger partial charge in [-0.25, -0.2) is 4.79 Å². The SMILES string of the molecule is CNC(=O)OC1CCN(C(=O)c2ccncc2)CC1. The molecule has 0 aliphatic carbocycles. The third kappa shape index (κ3) is 3.43. The van der Waals surface area contributed by atoms with Gasteiger partial charge in [0, 0.05) is 50.9 Å². The smallest absolute Gasteiger partial charge is 0.407 e. The zero-order valence-corrected chi connectivity index (χ0v) is 10.8. The van der Waals surface area contributed by atoms with Gasteiger partial charge in [-0.1, -0.05) is 0 Å². The Morgan fingerprint density at radius 3 is 2.53 bits per heavy atom. The molecule has 0 unspecified atom stereocenters. The monoisotopic (exact) mass is 263 g/mol. The van der Waals surface area contributed by atoms with Crippen molar-refractivity contribution in [2.45, 2.75) is 18.9 Å². The van der Waals surface area contributed by atoms with Crippen LogP contribution in [0.4, 0.5) is 4.79 Å². The highest BCUT2D eigenvalue weighted by Crippen LogP contribution is 2.16. The summed E-state index contributed by atoms with van der Waals surface area (Å²) in [5.74, 6) is 0.000734. The standard InChI is InChI=1S/C13H17N3O3/c1-14-13(18)19-11-4-8-16(9-5-11)12(17)10-2-6-15-7-3-10/h2-3,6-7,11H,4-5,8-9H2,1H3,(H,14,18). The first-order chi connectivity index (χ1) is 9.20. The summed E-state index contributed by atoms with van der Waals surface area (Å²) in [6.07, 6.45) is 4.03. The number of carbonyl (C=O) groups is 2. The number of likely N-dealkylation sites (tertiary alicyclic amines) is 1. The van der Waals surface area contributed by atoms with E-state index in [1.165, 1.54) is 7.05 Å². The van der Waals surface area contributed by atoms with E-state index in [-0.39, 0.29) is 12.0 Å². The van der Waals surface area contributed by atoms with Crippen LogP contribution >= 0.6 is 0 Å². The molecule has 0 atom stereocenters. The lowest BCUT2D eigenvalue weighted by Crippen LogP contribution is -2.42. The highest BCUT2D eigenvalue weighted by molar-refractivity contribution is 5.94. The highest BCUT2D eigenvalue weighted by atomic mass is 16.6. The third-order valence-electron chi connectivity index (χ3n) is 3.13. The lowest BCUT2D eigenvalue weighted by atomic mass is 10.1. The number of ether oxygens (including phenoxy) is 1. The highest BCUT2D eigenvalue weighted by Gasteiger charge is 2.25. The van der Waals surface area contributed by atoms with Gasteiger partial charge in [-0.15, -0.1) is 0 Å². The summed E-state index contributed by atoms with van der Waals surface area (Å²) in [5.41, 5.74) is 0.640. The quantitative estimate of drug-likeness (QED) is 0.865. The van der Waals surface area contributed by atoms with Crippen LogP contribution in [0.25, 0.3) is 0 Å². The molecule has 1 aromatic rings. The zero-order valence-electron chi connectivity index (χ0n) is 10.8. The number of pyridine rings is 1. The Bertz CT molecular complexity index is 442. The molecule has 1 aliphatic rings. The molecule has 1 aliphatic heterocycles. The van der Waals surface area contributed by atoms with Gasteiger partial charge >= 0.3 is 6.09 Å². The van der Waals surface area contributed by atoms with Crippen molar-refractivity contribution in [3.05, 3.63) is 30.1 Å². The summed E-state index contributed by atoms with van der Waals surface area (Å²) >= 11 is 0. The third-order valence-corrected chi connectivity index (χ3v) is 3.13. The molecule has 6 nitrogen and oxygen atoms in total. The molecule has 0 radical (unpaired) electrons. The molecule has 1 saturated heterocycles. The normalized spacial score (nSPS) is 15.9. The van der Waals surface area contributed by atoms with Crippen LogP contribution in [0.1, 0.15) is 23.2 Å². The van der Waals surface area contributed by atoms with Crippen molar-refractivity contribution in [2.24, 2.45) is 0 Å². The average molecular weight is 263 g/mol. The first-order valence-electron chi connectivity index (χ1n) is 6.28. The van der Waals surface area contributed by atoms with Crippen LogP contribution in [0.5, 0.6) is 0 Å². The Hall–Kier alpha value is -2.11. The van der Waals surface area contributed by atoms with Gasteiger partial charge in [0.2, 0.25) is 0 Å². The number of hydrogen-bond acceptors (Lipinski definition) is 4. The number of piperidine rings is 1. The summed E-state index contributed by atoms with van der Waals surface area (Å²) in [6.45, 7) is 1.20. The molecule has 19 heavy (non-hydrogen) atoms. The van der Waals surface area contributed by atoms with Crippen molar-refractivity contribution in [1.29, 1.82) is 0 Å². The van der Waals surface area contributed by atoms with Gasteiger partial charge in [0.25, 0.3) is 5.91 Å². The molecule has 2 rings (SSSR count). The maximum Gasteiger partial charge on any atom is 0.407 e. The van der Waals surface area contributed by atoms with Crippen LogP contribution in [0.3, 0.4) is 0 Å². The molecule has 6 heteroatoms. The molecule has 102 valence electrons. The minimum absolute atomic E-state index is 0.000734. The number of carbonyl (C=O) groups excluding carboxylic acids is 2. The molecule has 1 fully saturated rings. The van der Waals surface area contributed by atoms with Gasteiger partial charge in [0.1, 0.15) is 6.10 Å². The molecule has 1 aromatic heterocycles. The second-order valence-corrected chi connectivity index (χ2v) is 4.38. The van der Waals surface area contributed by atoms with Crippen molar-refractivity contribution in [1.82, 2.24) is 15.2 Å². The van der Waals surface area contributed by atoms with Crippen molar-refractivity contribution < 1.29 is 14.3 Å². The summed E-state index contributed by atoms with van der Waals surface area (Å²) in [5, 5.41) is 2.42. The Morgan fingerprint density at radius 1 is 1.32 bits per heavy atom. The predicted octanol–water partition coefficient (Wildman–Crippen LogP) is 1.04. The van der Waals surface area contributed by atoms with Crippen LogP contribution in [-0.2, 0) is 4.74 Å². The van der Waals surface area contributed by atoms with E-state index in [2.05, 4.69) is 10.3 Å². The second-order valence-electron chi connectivity index (χ2n) is 4.38. The number of hydrogen-bond donors (Lipinski definition) is 1. The topological polar surface area (TPSA) is 71.5 Å². The van der Waals surface area contributed by atoms with E-state index in [4.69, 9.17) is 4.74 Å². The summed E-state index contributed by atoms with van der Waals surface area (Å²) < 4.78 is 5.18. The van der Waals surface area contributed by atoms with E-state index in [1.807, 2.05) is 0 Å². The molecule has 2 amide bonds. The molecule has 0 bridgehead atoms. The first kappa shape index (κ1) is 13.3. The van der Waals surface area contributed by atoms with Crippen LogP contribution in [0.2, 0.25) is 0 Å². The van der Waals surface area contributed by atoms with E-state index in [0.29, 0.717) is 31.5 Å². The molecule has 2 heterocycles. The molecule has 1 N–H and O–H groups in total. The predicted molar refractivity (Wildman–Crippen MR) is 68.7 cm³/mol. The average Bonchev–Trinajstić information content (AvgIpc) is 2.48. The number of aromatic nitrogens is 1. The molecule has 0 saturated carbocycles. The zero-order chi connectivity index (χ0) is 13.7. The fourth-order valence-corrected chi connectivity index (χ4v) is 2.06. The van der Waals surface area contributed by atoms with Gasteiger partial charge in [0.15, 0.2) is 0 Å². The fourth-order valence-electron chi connectivity index (χ4n) is 2.06. The fraction of sp³-hybridized carbons (Fsp3) is 0.462.